The third-order valence-corrected chi connectivity index (χ3v) is 10.4. The summed E-state index contributed by atoms with van der Waals surface area (Å²) in [5.74, 6) is 1.75. The minimum Gasteiger partial charge on any atom is -0.456 e. The predicted molar refractivity (Wildman–Crippen MR) is 225 cm³/mol. The fourth-order valence-corrected chi connectivity index (χ4v) is 7.15. The number of fused-ring (bicyclic) bond motifs is 2. The zero-order valence-electron chi connectivity index (χ0n) is 27.6. The van der Waals surface area contributed by atoms with Crippen molar-refractivity contribution in [2.45, 2.75) is 0 Å². The van der Waals surface area contributed by atoms with E-state index in [2.05, 4.69) is 69.4 Å². The maximum Gasteiger partial charge on any atom is 0.196 e. The Morgan fingerprint density at radius 2 is 0.731 bits per heavy atom. The van der Waals surface area contributed by atoms with E-state index in [0.717, 1.165) is 39.8 Å². The molecule has 52 heavy (non-hydrogen) atoms. The van der Waals surface area contributed by atoms with Gasteiger partial charge in [0.1, 0.15) is 23.0 Å². The quantitative estimate of drug-likeness (QED) is 0.107. The highest BCUT2D eigenvalue weighted by molar-refractivity contribution is 14.1. The van der Waals surface area contributed by atoms with Crippen LogP contribution >= 0.6 is 45.2 Å². The van der Waals surface area contributed by atoms with E-state index >= 15 is 0 Å². The van der Waals surface area contributed by atoms with Crippen molar-refractivity contribution in [1.82, 2.24) is 0 Å². The van der Waals surface area contributed by atoms with Crippen molar-refractivity contribution in [3.63, 3.8) is 0 Å². The average Bonchev–Trinajstić information content (AvgIpc) is 3.18. The number of benzene rings is 8. The van der Waals surface area contributed by atoms with Crippen molar-refractivity contribution < 1.29 is 19.1 Å². The Balaban J connectivity index is 1.30. The van der Waals surface area contributed by atoms with Crippen LogP contribution in [0.1, 0.15) is 31.8 Å². The van der Waals surface area contributed by atoms with E-state index in [1.807, 2.05) is 133 Å². The zero-order chi connectivity index (χ0) is 35.6. The van der Waals surface area contributed by atoms with Gasteiger partial charge >= 0.3 is 0 Å². The summed E-state index contributed by atoms with van der Waals surface area (Å²) in [6.45, 7) is 0. The molecule has 8 aromatic carbocycles. The Labute approximate surface area is 328 Å². The van der Waals surface area contributed by atoms with Gasteiger partial charge in [-0.1, -0.05) is 84.9 Å². The van der Waals surface area contributed by atoms with E-state index in [0.29, 0.717) is 45.3 Å². The molecule has 0 radical (unpaired) electrons. The molecule has 6 heteroatoms. The van der Waals surface area contributed by atoms with Crippen LogP contribution in [-0.2, 0) is 0 Å². The molecule has 0 unspecified atom stereocenters. The molecule has 4 nitrogen and oxygen atoms in total. The number of halogens is 2. The van der Waals surface area contributed by atoms with Gasteiger partial charge in [0.15, 0.2) is 11.6 Å². The first kappa shape index (κ1) is 33.8. The van der Waals surface area contributed by atoms with Crippen molar-refractivity contribution in [1.29, 1.82) is 0 Å². The van der Waals surface area contributed by atoms with Crippen LogP contribution in [0.15, 0.2) is 170 Å². The summed E-state index contributed by atoms with van der Waals surface area (Å²) in [4.78, 5) is 27.7. The summed E-state index contributed by atoms with van der Waals surface area (Å²) in [5, 5.41) is 3.93. The van der Waals surface area contributed by atoms with Crippen molar-refractivity contribution in [2.75, 3.05) is 0 Å². The van der Waals surface area contributed by atoms with Crippen LogP contribution in [0.4, 0.5) is 0 Å². The molecule has 0 bridgehead atoms. The molecule has 8 rings (SSSR count). The molecular formula is C46H28I2O4. The minimum absolute atomic E-state index is 0.127. The fraction of sp³-hybridized carbons (Fsp3) is 0. The molecular weight excluding hydrogens is 870 g/mol. The Kier molecular flexibility index (Phi) is 9.58. The number of rotatable bonds is 9. The summed E-state index contributed by atoms with van der Waals surface area (Å²) < 4.78 is 15.7. The van der Waals surface area contributed by atoms with Gasteiger partial charge in [0.25, 0.3) is 0 Å². The van der Waals surface area contributed by atoms with E-state index in [-0.39, 0.29) is 11.6 Å². The highest BCUT2D eigenvalue weighted by atomic mass is 127. The number of ketones is 2. The monoisotopic (exact) mass is 898 g/mol. The van der Waals surface area contributed by atoms with Crippen LogP contribution in [0.3, 0.4) is 0 Å². The lowest BCUT2D eigenvalue weighted by Gasteiger charge is -2.21. The average molecular weight is 899 g/mol. The van der Waals surface area contributed by atoms with Crippen LogP contribution in [0.2, 0.25) is 0 Å². The van der Waals surface area contributed by atoms with Crippen molar-refractivity contribution >= 4 is 78.3 Å². The van der Waals surface area contributed by atoms with Gasteiger partial charge < -0.3 is 9.47 Å². The maximum atomic E-state index is 13.8. The summed E-state index contributed by atoms with van der Waals surface area (Å²) in [5.41, 5.74) is 3.70. The van der Waals surface area contributed by atoms with Crippen molar-refractivity contribution in [3.05, 3.63) is 199 Å². The topological polar surface area (TPSA) is 52.6 Å². The normalized spacial score (nSPS) is 11.0. The highest BCUT2D eigenvalue weighted by Gasteiger charge is 2.23. The summed E-state index contributed by atoms with van der Waals surface area (Å²) in [6.07, 6.45) is 0. The second kappa shape index (κ2) is 14.7. The second-order valence-electron chi connectivity index (χ2n) is 12.2. The van der Waals surface area contributed by atoms with Gasteiger partial charge in [-0.3, -0.25) is 9.59 Å². The van der Waals surface area contributed by atoms with E-state index in [4.69, 9.17) is 9.47 Å². The Hall–Kier alpha value is -5.32. The second-order valence-corrected chi connectivity index (χ2v) is 14.7. The lowest BCUT2D eigenvalue weighted by atomic mass is 9.92. The van der Waals surface area contributed by atoms with Gasteiger partial charge in [0, 0.05) is 29.4 Å². The number of ether oxygens (including phenoxy) is 2. The van der Waals surface area contributed by atoms with Gasteiger partial charge in [0.2, 0.25) is 0 Å². The van der Waals surface area contributed by atoms with Crippen LogP contribution < -0.4 is 9.47 Å². The van der Waals surface area contributed by atoms with E-state index in [9.17, 15) is 9.59 Å². The number of carbonyl (C=O) groups is 2. The Morgan fingerprint density at radius 1 is 0.365 bits per heavy atom. The summed E-state index contributed by atoms with van der Waals surface area (Å²) in [6, 6.07) is 54.0. The summed E-state index contributed by atoms with van der Waals surface area (Å²) in [7, 11) is 0. The molecule has 0 aromatic heterocycles. The number of carbonyl (C=O) groups excluding carboxylic acids is 2. The Bertz CT molecular complexity index is 2450. The molecule has 0 saturated heterocycles. The molecule has 0 N–H and O–H groups in total. The lowest BCUT2D eigenvalue weighted by molar-refractivity contribution is 0.102. The lowest BCUT2D eigenvalue weighted by Crippen LogP contribution is -2.05. The largest absolute Gasteiger partial charge is 0.456 e. The molecule has 0 amide bonds. The van der Waals surface area contributed by atoms with Crippen LogP contribution in [0.5, 0.6) is 23.0 Å². The summed E-state index contributed by atoms with van der Waals surface area (Å²) >= 11 is 4.47. The van der Waals surface area contributed by atoms with Crippen LogP contribution in [0.25, 0.3) is 32.7 Å². The standard InChI is InChI=1S/C46H28I2O4/c47-33-23-17-31(18-24-33)45(49)37-13-5-7-15-39(37)51-41-27-21-29-9-1-3-11-35(29)43(41)44-36-12-4-2-10-30(36)22-28-42(44)52-40-16-8-6-14-38(40)46(50)32-19-25-34(48)26-20-32/h1-28H. The van der Waals surface area contributed by atoms with Crippen molar-refractivity contribution in [2.24, 2.45) is 0 Å². The number of hydrogen-bond acceptors (Lipinski definition) is 4. The number of hydrogen-bond donors (Lipinski definition) is 0. The molecule has 0 saturated carbocycles. The third kappa shape index (κ3) is 6.71. The van der Waals surface area contributed by atoms with Crippen LogP contribution in [-0.4, -0.2) is 11.6 Å². The third-order valence-electron chi connectivity index (χ3n) is 8.95. The first-order valence-electron chi connectivity index (χ1n) is 16.6. The molecule has 0 atom stereocenters. The maximum absolute atomic E-state index is 13.8. The first-order valence-corrected chi connectivity index (χ1v) is 18.8. The highest BCUT2D eigenvalue weighted by Crippen LogP contribution is 2.48. The molecule has 0 spiro atoms. The zero-order valence-corrected chi connectivity index (χ0v) is 31.9. The molecule has 0 fully saturated rings. The van der Waals surface area contributed by atoms with Crippen LogP contribution in [0, 0.1) is 7.14 Å². The van der Waals surface area contributed by atoms with Gasteiger partial charge in [-0.25, -0.2) is 0 Å². The Morgan fingerprint density at radius 3 is 1.15 bits per heavy atom. The first-order chi connectivity index (χ1) is 25.4. The SMILES string of the molecule is O=C(c1ccc(I)cc1)c1ccccc1Oc1ccc2ccccc2c1-c1c(Oc2ccccc2C(=O)c2ccc(I)cc2)ccc2ccccc12. The smallest absolute Gasteiger partial charge is 0.196 e. The van der Waals surface area contributed by atoms with Gasteiger partial charge in [-0.15, -0.1) is 0 Å². The molecule has 0 heterocycles. The van der Waals surface area contributed by atoms with E-state index in [1.54, 1.807) is 12.1 Å². The van der Waals surface area contributed by atoms with Gasteiger partial charge in [-0.2, -0.15) is 0 Å². The van der Waals surface area contributed by atoms with E-state index in [1.165, 1.54) is 0 Å². The molecule has 0 aliphatic carbocycles. The minimum atomic E-state index is -0.127. The van der Waals surface area contributed by atoms with Gasteiger partial charge in [0.05, 0.1) is 11.1 Å². The number of para-hydroxylation sites is 2. The molecule has 0 aliphatic heterocycles. The molecule has 250 valence electrons. The fourth-order valence-electron chi connectivity index (χ4n) is 6.43. The van der Waals surface area contributed by atoms with Crippen molar-refractivity contribution in [3.8, 4) is 34.1 Å². The molecule has 0 aliphatic rings. The van der Waals surface area contributed by atoms with Gasteiger partial charge in [-0.05, 0) is 152 Å². The van der Waals surface area contributed by atoms with E-state index < -0.39 is 0 Å². The predicted octanol–water partition coefficient (Wildman–Crippen LogP) is 12.9. The molecule has 8 aromatic rings.